The SMILES string of the molecule is CCCCC[C@H](O)/C=C/[C@@H]1[C@H]2C/C(=C/CCCC(=O)OC)C[C@H]2C[C@H]1O. The number of aliphatic hydroxyl groups is 2. The predicted octanol–water partition coefficient (Wildman–Crippen LogP) is 4.16. The maximum atomic E-state index is 11.2. The topological polar surface area (TPSA) is 66.8 Å². The van der Waals surface area contributed by atoms with Gasteiger partial charge in [-0.15, -0.1) is 0 Å². The molecule has 0 aromatic rings. The lowest BCUT2D eigenvalue weighted by atomic mass is 9.90. The van der Waals surface area contributed by atoms with Gasteiger partial charge in [-0.2, -0.15) is 0 Å². The molecule has 0 aliphatic heterocycles. The third kappa shape index (κ3) is 6.24. The van der Waals surface area contributed by atoms with Gasteiger partial charge < -0.3 is 14.9 Å². The normalized spacial score (nSPS) is 30.8. The molecule has 0 heterocycles. The van der Waals surface area contributed by atoms with Crippen LogP contribution >= 0.6 is 0 Å². The number of aliphatic hydroxyl groups excluding tert-OH is 2. The van der Waals surface area contributed by atoms with E-state index < -0.39 is 0 Å². The first kappa shape index (κ1) is 21.2. The minimum Gasteiger partial charge on any atom is -0.469 e. The van der Waals surface area contributed by atoms with E-state index in [1.165, 1.54) is 12.7 Å². The Hall–Kier alpha value is -1.13. The van der Waals surface area contributed by atoms with E-state index in [2.05, 4.69) is 23.8 Å². The number of allylic oxidation sites excluding steroid dienone is 2. The first-order valence-corrected chi connectivity index (χ1v) is 10.3. The minimum atomic E-state index is -0.387. The highest BCUT2D eigenvalue weighted by molar-refractivity contribution is 5.69. The van der Waals surface area contributed by atoms with Crippen LogP contribution in [0.15, 0.2) is 23.8 Å². The summed E-state index contributed by atoms with van der Waals surface area (Å²) in [6.07, 6.45) is 15.0. The second-order valence-electron chi connectivity index (χ2n) is 7.99. The van der Waals surface area contributed by atoms with E-state index >= 15 is 0 Å². The molecule has 0 spiro atoms. The fourth-order valence-corrected chi connectivity index (χ4v) is 4.55. The van der Waals surface area contributed by atoms with Crippen LogP contribution in [0.25, 0.3) is 0 Å². The summed E-state index contributed by atoms with van der Waals surface area (Å²) in [5.41, 5.74) is 1.47. The predicted molar refractivity (Wildman–Crippen MR) is 104 cm³/mol. The molecule has 2 saturated carbocycles. The van der Waals surface area contributed by atoms with Crippen LogP contribution in [0.5, 0.6) is 0 Å². The van der Waals surface area contributed by atoms with Gasteiger partial charge in [-0.25, -0.2) is 0 Å². The second kappa shape index (κ2) is 10.9. The van der Waals surface area contributed by atoms with Crippen LogP contribution in [-0.2, 0) is 9.53 Å². The fourth-order valence-electron chi connectivity index (χ4n) is 4.55. The van der Waals surface area contributed by atoms with E-state index in [0.717, 1.165) is 57.8 Å². The Bertz CT molecular complexity index is 496. The van der Waals surface area contributed by atoms with E-state index in [9.17, 15) is 15.0 Å². The number of rotatable bonds is 10. The molecule has 0 aromatic heterocycles. The van der Waals surface area contributed by atoms with E-state index in [0.29, 0.717) is 18.3 Å². The minimum absolute atomic E-state index is 0.141. The Morgan fingerprint density at radius 1 is 1.31 bits per heavy atom. The number of fused-ring (bicyclic) bond motifs is 1. The highest BCUT2D eigenvalue weighted by Gasteiger charge is 2.44. The maximum absolute atomic E-state index is 11.2. The highest BCUT2D eigenvalue weighted by atomic mass is 16.5. The quantitative estimate of drug-likeness (QED) is 0.347. The molecule has 148 valence electrons. The Balaban J connectivity index is 1.81. The molecule has 0 amide bonds. The Kier molecular flexibility index (Phi) is 8.86. The van der Waals surface area contributed by atoms with Crippen LogP contribution in [-0.4, -0.2) is 35.5 Å². The van der Waals surface area contributed by atoms with Crippen molar-refractivity contribution in [2.45, 2.75) is 83.3 Å². The van der Waals surface area contributed by atoms with Crippen LogP contribution in [0.1, 0.15) is 71.1 Å². The van der Waals surface area contributed by atoms with Crippen molar-refractivity contribution in [2.24, 2.45) is 17.8 Å². The van der Waals surface area contributed by atoms with Crippen molar-refractivity contribution >= 4 is 5.97 Å². The number of hydrogen-bond acceptors (Lipinski definition) is 4. The fraction of sp³-hybridized carbons (Fsp3) is 0.773. The summed E-state index contributed by atoms with van der Waals surface area (Å²) < 4.78 is 4.67. The van der Waals surface area contributed by atoms with Crippen LogP contribution in [0, 0.1) is 17.8 Å². The van der Waals surface area contributed by atoms with Gasteiger partial charge in [-0.1, -0.05) is 50.0 Å². The van der Waals surface area contributed by atoms with Crippen molar-refractivity contribution in [3.05, 3.63) is 23.8 Å². The summed E-state index contributed by atoms with van der Waals surface area (Å²) in [5.74, 6) is 1.08. The average Bonchev–Trinajstić information content (AvgIpc) is 3.13. The summed E-state index contributed by atoms with van der Waals surface area (Å²) in [5, 5.41) is 20.5. The zero-order valence-corrected chi connectivity index (χ0v) is 16.4. The number of hydrogen-bond donors (Lipinski definition) is 2. The van der Waals surface area contributed by atoms with Crippen molar-refractivity contribution < 1.29 is 19.7 Å². The van der Waals surface area contributed by atoms with Gasteiger partial charge in [0.15, 0.2) is 0 Å². The number of ether oxygens (including phenoxy) is 1. The van der Waals surface area contributed by atoms with E-state index in [1.807, 2.05) is 6.08 Å². The van der Waals surface area contributed by atoms with Gasteiger partial charge in [-0.05, 0) is 50.4 Å². The molecular formula is C22H36O4. The van der Waals surface area contributed by atoms with Crippen LogP contribution in [0.3, 0.4) is 0 Å². The van der Waals surface area contributed by atoms with Gasteiger partial charge in [0.2, 0.25) is 0 Å². The van der Waals surface area contributed by atoms with Crippen molar-refractivity contribution in [1.82, 2.24) is 0 Å². The van der Waals surface area contributed by atoms with Gasteiger partial charge in [0.1, 0.15) is 0 Å². The summed E-state index contributed by atoms with van der Waals surface area (Å²) in [7, 11) is 1.43. The number of esters is 1. The lowest BCUT2D eigenvalue weighted by Gasteiger charge is -2.17. The second-order valence-corrected chi connectivity index (χ2v) is 7.99. The molecule has 0 bridgehead atoms. The third-order valence-electron chi connectivity index (χ3n) is 6.02. The molecule has 0 saturated heterocycles. The van der Waals surface area contributed by atoms with Gasteiger partial charge in [-0.3, -0.25) is 4.79 Å². The molecule has 4 heteroatoms. The molecule has 0 radical (unpaired) electrons. The summed E-state index contributed by atoms with van der Waals surface area (Å²) >= 11 is 0. The molecule has 2 rings (SSSR count). The summed E-state index contributed by atoms with van der Waals surface area (Å²) in [4.78, 5) is 11.2. The zero-order valence-electron chi connectivity index (χ0n) is 16.4. The van der Waals surface area contributed by atoms with Crippen LogP contribution < -0.4 is 0 Å². The van der Waals surface area contributed by atoms with E-state index in [4.69, 9.17) is 0 Å². The number of methoxy groups -OCH3 is 1. The molecule has 2 aliphatic rings. The Morgan fingerprint density at radius 3 is 2.85 bits per heavy atom. The van der Waals surface area contributed by atoms with Crippen molar-refractivity contribution in [1.29, 1.82) is 0 Å². The molecule has 5 atom stereocenters. The Morgan fingerprint density at radius 2 is 2.12 bits per heavy atom. The third-order valence-corrected chi connectivity index (χ3v) is 6.02. The van der Waals surface area contributed by atoms with E-state index in [1.54, 1.807) is 0 Å². The lowest BCUT2D eigenvalue weighted by Crippen LogP contribution is -2.17. The van der Waals surface area contributed by atoms with Gasteiger partial charge >= 0.3 is 5.97 Å². The van der Waals surface area contributed by atoms with Crippen LogP contribution in [0.2, 0.25) is 0 Å². The molecular weight excluding hydrogens is 328 g/mol. The molecule has 26 heavy (non-hydrogen) atoms. The molecule has 2 fully saturated rings. The smallest absolute Gasteiger partial charge is 0.305 e. The van der Waals surface area contributed by atoms with Gasteiger partial charge in [0.05, 0.1) is 19.3 Å². The zero-order chi connectivity index (χ0) is 18.9. The number of carbonyl (C=O) groups excluding carboxylic acids is 1. The monoisotopic (exact) mass is 364 g/mol. The molecule has 0 unspecified atom stereocenters. The first-order chi connectivity index (χ1) is 12.5. The molecule has 2 N–H and O–H groups in total. The van der Waals surface area contributed by atoms with Crippen molar-refractivity contribution in [2.75, 3.05) is 7.11 Å². The summed E-state index contributed by atoms with van der Waals surface area (Å²) in [6.45, 7) is 2.16. The maximum Gasteiger partial charge on any atom is 0.305 e. The number of carbonyl (C=O) groups is 1. The lowest BCUT2D eigenvalue weighted by molar-refractivity contribution is -0.140. The van der Waals surface area contributed by atoms with E-state index in [-0.39, 0.29) is 24.1 Å². The summed E-state index contributed by atoms with van der Waals surface area (Å²) in [6, 6.07) is 0. The Labute approximate surface area is 158 Å². The van der Waals surface area contributed by atoms with Crippen molar-refractivity contribution in [3.8, 4) is 0 Å². The van der Waals surface area contributed by atoms with Crippen molar-refractivity contribution in [3.63, 3.8) is 0 Å². The van der Waals surface area contributed by atoms with Gasteiger partial charge in [0, 0.05) is 12.3 Å². The van der Waals surface area contributed by atoms with Crippen LogP contribution in [0.4, 0.5) is 0 Å². The van der Waals surface area contributed by atoms with Gasteiger partial charge in [0.25, 0.3) is 0 Å². The molecule has 4 nitrogen and oxygen atoms in total. The average molecular weight is 365 g/mol. The molecule has 0 aromatic carbocycles. The molecule has 2 aliphatic carbocycles. The largest absolute Gasteiger partial charge is 0.469 e. The standard InChI is InChI=1S/C22H36O4/c1-3-4-5-9-18(23)11-12-19-20-14-16(13-17(20)15-21(19)24)8-6-7-10-22(25)26-2/h8,11-12,17-21,23-24H,3-7,9-10,13-15H2,1-2H3/b12-11+,16-8+/t17-,18-,19+,20-,21+/m0/s1. The first-order valence-electron chi connectivity index (χ1n) is 10.3. The number of unbranched alkanes of at least 4 members (excludes halogenated alkanes) is 3. The highest BCUT2D eigenvalue weighted by Crippen LogP contribution is 2.50.